The molecule has 0 aromatic carbocycles. The largest absolute Gasteiger partial charge is 0.392 e. The minimum Gasteiger partial charge on any atom is -0.392 e. The number of aliphatic hydroxyl groups is 1. The van der Waals surface area contributed by atoms with Crippen molar-refractivity contribution in [2.24, 2.45) is 11.8 Å². The molecule has 0 amide bonds. The normalized spacial score (nSPS) is 14.1. The summed E-state index contributed by atoms with van der Waals surface area (Å²) >= 11 is 0. The van der Waals surface area contributed by atoms with Gasteiger partial charge in [-0.25, -0.2) is 0 Å². The predicted molar refractivity (Wildman–Crippen MR) is 57.8 cm³/mol. The second-order valence-electron chi connectivity index (χ2n) is 4.55. The van der Waals surface area contributed by atoms with E-state index in [0.29, 0.717) is 5.92 Å². The smallest absolute Gasteiger partial charge is 0.0687 e. The fourth-order valence-corrected chi connectivity index (χ4v) is 1.12. The van der Waals surface area contributed by atoms with Gasteiger partial charge in [0.25, 0.3) is 0 Å². The zero-order chi connectivity index (χ0) is 10.3. The molecule has 0 radical (unpaired) electrons. The maximum Gasteiger partial charge on any atom is 0.0687 e. The van der Waals surface area contributed by atoms with Crippen molar-refractivity contribution in [3.63, 3.8) is 0 Å². The topological polar surface area (TPSA) is 32.3 Å². The molecule has 0 aliphatic heterocycles. The molecule has 80 valence electrons. The molecular formula is C11H25NO. The molecule has 0 spiro atoms. The Morgan fingerprint density at radius 2 is 1.77 bits per heavy atom. The molecule has 0 bridgehead atoms. The van der Waals surface area contributed by atoms with Crippen molar-refractivity contribution in [1.82, 2.24) is 5.32 Å². The van der Waals surface area contributed by atoms with E-state index in [2.05, 4.69) is 19.2 Å². The third-order valence-corrected chi connectivity index (χ3v) is 2.26. The van der Waals surface area contributed by atoms with Crippen LogP contribution in [-0.2, 0) is 0 Å². The molecule has 2 heteroatoms. The van der Waals surface area contributed by atoms with Crippen molar-refractivity contribution in [3.05, 3.63) is 0 Å². The summed E-state index contributed by atoms with van der Waals surface area (Å²) in [4.78, 5) is 0. The molecule has 1 atom stereocenters. The second-order valence-corrected chi connectivity index (χ2v) is 4.55. The van der Waals surface area contributed by atoms with E-state index in [4.69, 9.17) is 0 Å². The fraction of sp³-hybridized carbons (Fsp3) is 1.00. The maximum atomic E-state index is 9.47. The van der Waals surface area contributed by atoms with Gasteiger partial charge in [-0.1, -0.05) is 27.7 Å². The third-order valence-electron chi connectivity index (χ3n) is 2.26. The highest BCUT2D eigenvalue weighted by Gasteiger charge is 2.07. The summed E-state index contributed by atoms with van der Waals surface area (Å²) in [7, 11) is 0. The summed E-state index contributed by atoms with van der Waals surface area (Å²) in [5.74, 6) is 1.15. The van der Waals surface area contributed by atoms with Crippen LogP contribution in [0.15, 0.2) is 0 Å². The molecule has 0 saturated heterocycles. The average molecular weight is 187 g/mol. The molecule has 0 heterocycles. The van der Waals surface area contributed by atoms with Gasteiger partial charge in [-0.2, -0.15) is 0 Å². The Bertz CT molecular complexity index is 113. The van der Waals surface area contributed by atoms with Crippen molar-refractivity contribution in [3.8, 4) is 0 Å². The lowest BCUT2D eigenvalue weighted by atomic mass is 10.1. The second kappa shape index (κ2) is 7.34. The van der Waals surface area contributed by atoms with Crippen LogP contribution >= 0.6 is 0 Å². The Morgan fingerprint density at radius 3 is 2.23 bits per heavy atom. The van der Waals surface area contributed by atoms with E-state index < -0.39 is 0 Å². The summed E-state index contributed by atoms with van der Waals surface area (Å²) in [6.45, 7) is 10.3. The van der Waals surface area contributed by atoms with E-state index in [1.54, 1.807) is 0 Å². The summed E-state index contributed by atoms with van der Waals surface area (Å²) in [6.07, 6.45) is 2.28. The Hall–Kier alpha value is -0.0800. The number of aliphatic hydroxyl groups excluding tert-OH is 1. The van der Waals surface area contributed by atoms with Crippen LogP contribution in [0, 0.1) is 11.8 Å². The van der Waals surface area contributed by atoms with Crippen LogP contribution in [0.3, 0.4) is 0 Å². The predicted octanol–water partition coefficient (Wildman–Crippen LogP) is 2.03. The molecule has 1 unspecified atom stereocenters. The first kappa shape index (κ1) is 12.9. The molecule has 13 heavy (non-hydrogen) atoms. The van der Waals surface area contributed by atoms with Gasteiger partial charge < -0.3 is 10.4 Å². The van der Waals surface area contributed by atoms with Crippen molar-refractivity contribution in [1.29, 1.82) is 0 Å². The lowest BCUT2D eigenvalue weighted by Gasteiger charge is -2.15. The first-order chi connectivity index (χ1) is 6.04. The van der Waals surface area contributed by atoms with Gasteiger partial charge in [0.1, 0.15) is 0 Å². The molecule has 0 fully saturated rings. The minimum atomic E-state index is -0.195. The van der Waals surface area contributed by atoms with Gasteiger partial charge in [0.15, 0.2) is 0 Å². The van der Waals surface area contributed by atoms with Crippen LogP contribution in [0.5, 0.6) is 0 Å². The third kappa shape index (κ3) is 8.26. The fourth-order valence-electron chi connectivity index (χ4n) is 1.12. The van der Waals surface area contributed by atoms with Crippen LogP contribution in [0.1, 0.15) is 40.5 Å². The molecule has 0 aromatic heterocycles. The van der Waals surface area contributed by atoms with E-state index in [1.807, 2.05) is 13.8 Å². The first-order valence-corrected chi connectivity index (χ1v) is 5.42. The molecule has 0 aliphatic carbocycles. The van der Waals surface area contributed by atoms with E-state index in [-0.39, 0.29) is 6.10 Å². The van der Waals surface area contributed by atoms with Gasteiger partial charge in [-0.3, -0.25) is 0 Å². The highest BCUT2D eigenvalue weighted by atomic mass is 16.3. The molecule has 0 saturated carbocycles. The van der Waals surface area contributed by atoms with Gasteiger partial charge in [0.05, 0.1) is 6.10 Å². The van der Waals surface area contributed by atoms with E-state index >= 15 is 0 Å². The van der Waals surface area contributed by atoms with Gasteiger partial charge in [-0.05, 0) is 31.2 Å². The molecule has 0 aliphatic rings. The highest BCUT2D eigenvalue weighted by molar-refractivity contribution is 4.62. The van der Waals surface area contributed by atoms with Crippen LogP contribution in [0.4, 0.5) is 0 Å². The Morgan fingerprint density at radius 1 is 1.15 bits per heavy atom. The van der Waals surface area contributed by atoms with Gasteiger partial charge in [0.2, 0.25) is 0 Å². The number of hydrogen-bond acceptors (Lipinski definition) is 2. The SMILES string of the molecule is CC(C)CCCNCC(O)C(C)C. The standard InChI is InChI=1S/C11H25NO/c1-9(2)6-5-7-12-8-11(13)10(3)4/h9-13H,5-8H2,1-4H3. The molecule has 2 nitrogen and oxygen atoms in total. The Labute approximate surface area is 82.7 Å². The summed E-state index contributed by atoms with van der Waals surface area (Å²) in [5, 5.41) is 12.7. The lowest BCUT2D eigenvalue weighted by Crippen LogP contribution is -2.31. The average Bonchev–Trinajstić information content (AvgIpc) is 2.02. The number of rotatable bonds is 7. The highest BCUT2D eigenvalue weighted by Crippen LogP contribution is 2.02. The summed E-state index contributed by atoms with van der Waals surface area (Å²) < 4.78 is 0. The quantitative estimate of drug-likeness (QED) is 0.598. The zero-order valence-corrected chi connectivity index (χ0v) is 9.51. The van der Waals surface area contributed by atoms with Crippen molar-refractivity contribution < 1.29 is 5.11 Å². The first-order valence-electron chi connectivity index (χ1n) is 5.42. The molecular weight excluding hydrogens is 162 g/mol. The van der Waals surface area contributed by atoms with Crippen molar-refractivity contribution in [2.75, 3.05) is 13.1 Å². The van der Waals surface area contributed by atoms with Crippen LogP contribution in [-0.4, -0.2) is 24.3 Å². The van der Waals surface area contributed by atoms with E-state index in [1.165, 1.54) is 12.8 Å². The zero-order valence-electron chi connectivity index (χ0n) is 9.51. The maximum absolute atomic E-state index is 9.47. The van der Waals surface area contributed by atoms with E-state index in [0.717, 1.165) is 19.0 Å². The molecule has 0 rings (SSSR count). The van der Waals surface area contributed by atoms with Crippen LogP contribution in [0.25, 0.3) is 0 Å². The lowest BCUT2D eigenvalue weighted by molar-refractivity contribution is 0.123. The van der Waals surface area contributed by atoms with E-state index in [9.17, 15) is 5.11 Å². The Kier molecular flexibility index (Phi) is 7.29. The van der Waals surface area contributed by atoms with Gasteiger partial charge >= 0.3 is 0 Å². The van der Waals surface area contributed by atoms with Crippen molar-refractivity contribution in [2.45, 2.75) is 46.6 Å². The van der Waals surface area contributed by atoms with Crippen LogP contribution < -0.4 is 5.32 Å². The number of nitrogens with one attached hydrogen (secondary N) is 1. The monoisotopic (exact) mass is 187 g/mol. The molecule has 0 aromatic rings. The summed E-state index contributed by atoms with van der Waals surface area (Å²) in [6, 6.07) is 0. The van der Waals surface area contributed by atoms with Crippen LogP contribution in [0.2, 0.25) is 0 Å². The van der Waals surface area contributed by atoms with Gasteiger partial charge in [0, 0.05) is 6.54 Å². The molecule has 2 N–H and O–H groups in total. The van der Waals surface area contributed by atoms with Crippen molar-refractivity contribution >= 4 is 0 Å². The Balaban J connectivity index is 3.16. The number of hydrogen-bond donors (Lipinski definition) is 2. The minimum absolute atomic E-state index is 0.195. The summed E-state index contributed by atoms with van der Waals surface area (Å²) in [5.41, 5.74) is 0. The van der Waals surface area contributed by atoms with Gasteiger partial charge in [-0.15, -0.1) is 0 Å².